The van der Waals surface area contributed by atoms with Crippen LogP contribution in [0.4, 0.5) is 4.79 Å². The number of para-hydroxylation sites is 1. The molecule has 1 atom stereocenters. The predicted octanol–water partition coefficient (Wildman–Crippen LogP) is 3.11. The van der Waals surface area contributed by atoms with Gasteiger partial charge in [0.25, 0.3) is 0 Å². The van der Waals surface area contributed by atoms with Gasteiger partial charge in [0.1, 0.15) is 24.1 Å². The molecule has 152 valence electrons. The Morgan fingerprint density at radius 3 is 2.45 bits per heavy atom. The van der Waals surface area contributed by atoms with Crippen LogP contribution in [0.1, 0.15) is 11.1 Å². The number of rotatable bonds is 8. The Morgan fingerprint density at radius 2 is 1.79 bits per heavy atom. The van der Waals surface area contributed by atoms with Crippen LogP contribution in [0.3, 0.4) is 0 Å². The third kappa shape index (κ3) is 4.98. The van der Waals surface area contributed by atoms with Crippen molar-refractivity contribution in [3.8, 4) is 11.5 Å². The Morgan fingerprint density at radius 1 is 1.10 bits per heavy atom. The van der Waals surface area contributed by atoms with Gasteiger partial charge < -0.3 is 29.6 Å². The van der Waals surface area contributed by atoms with E-state index in [0.717, 1.165) is 16.5 Å². The lowest BCUT2D eigenvalue weighted by molar-refractivity contribution is -0.139. The highest BCUT2D eigenvalue weighted by Crippen LogP contribution is 2.23. The molecule has 0 fully saturated rings. The average molecular weight is 398 g/mol. The van der Waals surface area contributed by atoms with E-state index in [0.29, 0.717) is 17.1 Å². The summed E-state index contributed by atoms with van der Waals surface area (Å²) in [6.45, 7) is -0.0567. The number of ether oxygens (including phenoxy) is 3. The minimum Gasteiger partial charge on any atom is -0.497 e. The molecule has 0 aliphatic heterocycles. The number of carboxylic acid groups (broad SMARTS) is 1. The maximum Gasteiger partial charge on any atom is 0.408 e. The van der Waals surface area contributed by atoms with Crippen LogP contribution in [0.2, 0.25) is 0 Å². The zero-order chi connectivity index (χ0) is 20.8. The molecule has 0 unspecified atom stereocenters. The minimum atomic E-state index is -1.14. The van der Waals surface area contributed by atoms with Gasteiger partial charge in [0.05, 0.1) is 14.2 Å². The molecule has 0 aliphatic rings. The first kappa shape index (κ1) is 20.1. The molecule has 29 heavy (non-hydrogen) atoms. The summed E-state index contributed by atoms with van der Waals surface area (Å²) in [7, 11) is 3.04. The summed E-state index contributed by atoms with van der Waals surface area (Å²) in [5, 5.41) is 12.8. The van der Waals surface area contributed by atoms with Gasteiger partial charge in [0.15, 0.2) is 0 Å². The molecule has 1 heterocycles. The number of H-pyrrole nitrogens is 1. The van der Waals surface area contributed by atoms with Crippen LogP contribution in [-0.2, 0) is 22.6 Å². The highest BCUT2D eigenvalue weighted by Gasteiger charge is 2.22. The number of carbonyl (C=O) groups is 2. The van der Waals surface area contributed by atoms with Gasteiger partial charge in [-0.05, 0) is 29.3 Å². The number of aromatic amines is 1. The molecule has 0 aliphatic carbocycles. The molecular weight excluding hydrogens is 376 g/mol. The van der Waals surface area contributed by atoms with Gasteiger partial charge in [-0.15, -0.1) is 0 Å². The van der Waals surface area contributed by atoms with E-state index < -0.39 is 18.1 Å². The molecule has 0 saturated carbocycles. The Hall–Kier alpha value is -3.68. The fourth-order valence-corrected chi connectivity index (χ4v) is 3.00. The number of carboxylic acids is 1. The summed E-state index contributed by atoms with van der Waals surface area (Å²) in [5.41, 5.74) is 2.35. The third-order valence-electron chi connectivity index (χ3n) is 4.47. The molecule has 1 aromatic heterocycles. The average Bonchev–Trinajstić information content (AvgIpc) is 3.14. The van der Waals surface area contributed by atoms with Crippen molar-refractivity contribution in [2.24, 2.45) is 0 Å². The van der Waals surface area contributed by atoms with Gasteiger partial charge in [-0.1, -0.05) is 18.2 Å². The number of hydrogen-bond acceptors (Lipinski definition) is 5. The van der Waals surface area contributed by atoms with Gasteiger partial charge >= 0.3 is 12.1 Å². The van der Waals surface area contributed by atoms with E-state index in [4.69, 9.17) is 14.2 Å². The molecule has 3 N–H and O–H groups in total. The van der Waals surface area contributed by atoms with Crippen LogP contribution in [-0.4, -0.2) is 42.4 Å². The largest absolute Gasteiger partial charge is 0.497 e. The van der Waals surface area contributed by atoms with Crippen molar-refractivity contribution in [2.75, 3.05) is 14.2 Å². The van der Waals surface area contributed by atoms with E-state index in [-0.39, 0.29) is 13.0 Å². The molecule has 3 rings (SSSR count). The first-order valence-corrected chi connectivity index (χ1v) is 8.93. The Balaban J connectivity index is 1.63. The number of carbonyl (C=O) groups excluding carboxylic acids is 1. The van der Waals surface area contributed by atoms with Crippen LogP contribution in [0.5, 0.6) is 11.5 Å². The van der Waals surface area contributed by atoms with Crippen molar-refractivity contribution in [3.05, 3.63) is 59.8 Å². The zero-order valence-corrected chi connectivity index (χ0v) is 16.1. The fraction of sp³-hybridized carbons (Fsp3) is 0.238. The number of alkyl carbamates (subject to hydrolysis) is 1. The maximum absolute atomic E-state index is 12.2. The number of fused-ring (bicyclic) bond motifs is 1. The second-order valence-corrected chi connectivity index (χ2v) is 6.40. The van der Waals surface area contributed by atoms with Gasteiger partial charge in [0.2, 0.25) is 0 Å². The molecule has 0 radical (unpaired) electrons. The van der Waals surface area contributed by atoms with Gasteiger partial charge in [-0.2, -0.15) is 0 Å². The maximum atomic E-state index is 12.2. The molecule has 0 saturated heterocycles. The van der Waals surface area contributed by atoms with E-state index in [9.17, 15) is 14.7 Å². The number of aliphatic carboxylic acids is 1. The Bertz CT molecular complexity index is 991. The summed E-state index contributed by atoms with van der Waals surface area (Å²) in [6.07, 6.45) is 1.05. The van der Waals surface area contributed by atoms with Crippen LogP contribution < -0.4 is 14.8 Å². The number of nitrogens with one attached hydrogen (secondary N) is 2. The minimum absolute atomic E-state index is 0.0567. The number of methoxy groups -OCH3 is 2. The lowest BCUT2D eigenvalue weighted by Crippen LogP contribution is -2.42. The lowest BCUT2D eigenvalue weighted by Gasteiger charge is -2.15. The fourth-order valence-electron chi connectivity index (χ4n) is 3.00. The molecule has 8 heteroatoms. The molecular formula is C21H22N2O6. The molecule has 8 nitrogen and oxygen atoms in total. The molecule has 1 amide bonds. The predicted molar refractivity (Wildman–Crippen MR) is 106 cm³/mol. The van der Waals surface area contributed by atoms with E-state index in [1.165, 1.54) is 14.2 Å². The third-order valence-corrected chi connectivity index (χ3v) is 4.47. The quantitative estimate of drug-likeness (QED) is 0.538. The second kappa shape index (κ2) is 9.01. The van der Waals surface area contributed by atoms with E-state index in [2.05, 4.69) is 10.3 Å². The summed E-state index contributed by atoms with van der Waals surface area (Å²) < 4.78 is 15.5. The van der Waals surface area contributed by atoms with Crippen molar-refractivity contribution in [1.82, 2.24) is 10.3 Å². The van der Waals surface area contributed by atoms with Crippen LogP contribution >= 0.6 is 0 Å². The topological polar surface area (TPSA) is 110 Å². The monoisotopic (exact) mass is 398 g/mol. The molecule has 3 aromatic rings. The lowest BCUT2D eigenvalue weighted by atomic mass is 10.1. The molecule has 0 spiro atoms. The Labute approximate surface area is 167 Å². The van der Waals surface area contributed by atoms with E-state index in [1.54, 1.807) is 24.4 Å². The second-order valence-electron chi connectivity index (χ2n) is 6.40. The van der Waals surface area contributed by atoms with E-state index >= 15 is 0 Å². The zero-order valence-electron chi connectivity index (χ0n) is 16.1. The van der Waals surface area contributed by atoms with Gasteiger partial charge in [-0.25, -0.2) is 9.59 Å². The van der Waals surface area contributed by atoms with E-state index in [1.807, 2.05) is 24.3 Å². The standard InChI is InChI=1S/C21H22N2O6/c1-27-15-7-13(8-16(10-15)28-2)12-29-21(26)23-19(20(24)25)9-14-11-22-18-6-4-3-5-17(14)18/h3-8,10-11,19,22H,9,12H2,1-2H3,(H,23,26)(H,24,25)/t19-/m1/s1. The van der Waals surface area contributed by atoms with Crippen LogP contribution in [0, 0.1) is 0 Å². The highest BCUT2D eigenvalue weighted by atomic mass is 16.5. The highest BCUT2D eigenvalue weighted by molar-refractivity contribution is 5.85. The smallest absolute Gasteiger partial charge is 0.408 e. The van der Waals surface area contributed by atoms with Crippen molar-refractivity contribution in [2.45, 2.75) is 19.1 Å². The van der Waals surface area contributed by atoms with Gasteiger partial charge in [-0.3, -0.25) is 0 Å². The van der Waals surface area contributed by atoms with Gasteiger partial charge in [0, 0.05) is 29.6 Å². The number of benzene rings is 2. The molecule has 2 aromatic carbocycles. The number of aromatic nitrogens is 1. The molecule has 0 bridgehead atoms. The first-order chi connectivity index (χ1) is 14.0. The summed E-state index contributed by atoms with van der Waals surface area (Å²) in [6, 6.07) is 11.5. The normalized spacial score (nSPS) is 11.7. The summed E-state index contributed by atoms with van der Waals surface area (Å²) in [4.78, 5) is 26.9. The van der Waals surface area contributed by atoms with Crippen molar-refractivity contribution >= 4 is 23.0 Å². The van der Waals surface area contributed by atoms with Crippen molar-refractivity contribution in [3.63, 3.8) is 0 Å². The van der Waals surface area contributed by atoms with Crippen LogP contribution in [0.25, 0.3) is 10.9 Å². The Kier molecular flexibility index (Phi) is 6.23. The number of hydrogen-bond donors (Lipinski definition) is 3. The summed E-state index contributed by atoms with van der Waals surface area (Å²) >= 11 is 0. The SMILES string of the molecule is COc1cc(COC(=O)N[C@H](Cc2c[nH]c3ccccc23)C(=O)O)cc(OC)c1. The summed E-state index contributed by atoms with van der Waals surface area (Å²) in [5.74, 6) is -0.0208. The first-order valence-electron chi connectivity index (χ1n) is 8.93. The van der Waals surface area contributed by atoms with Crippen molar-refractivity contribution < 1.29 is 28.9 Å². The van der Waals surface area contributed by atoms with Crippen LogP contribution in [0.15, 0.2) is 48.7 Å². The van der Waals surface area contributed by atoms with Crippen molar-refractivity contribution in [1.29, 1.82) is 0 Å². The number of amides is 1.